The molecule has 0 unspecified atom stereocenters. The van der Waals surface area contributed by atoms with Gasteiger partial charge in [0.2, 0.25) is 0 Å². The fourth-order valence-electron chi connectivity index (χ4n) is 1.62. The van der Waals surface area contributed by atoms with Crippen molar-refractivity contribution in [3.8, 4) is 0 Å². The average Bonchev–Trinajstić information content (AvgIpc) is 2.80. The van der Waals surface area contributed by atoms with E-state index in [2.05, 4.69) is 10.3 Å². The standard InChI is InChI=1S/C12H15N3O4/c1-2-18-7-3-6-13-12-14-10-5-4-9(15(16)17)8-11(10)19-12/h4-5,8H,2-3,6-7H2,1H3,(H,13,14). The number of aromatic nitrogens is 1. The van der Waals surface area contributed by atoms with E-state index >= 15 is 0 Å². The molecule has 19 heavy (non-hydrogen) atoms. The van der Waals surface area contributed by atoms with Gasteiger partial charge >= 0.3 is 0 Å². The van der Waals surface area contributed by atoms with Crippen molar-refractivity contribution >= 4 is 22.8 Å². The quantitative estimate of drug-likeness (QED) is 0.470. The smallest absolute Gasteiger partial charge is 0.295 e. The van der Waals surface area contributed by atoms with Gasteiger partial charge in [0.15, 0.2) is 5.58 Å². The van der Waals surface area contributed by atoms with Crippen LogP contribution in [0.5, 0.6) is 0 Å². The molecule has 7 heteroatoms. The van der Waals surface area contributed by atoms with E-state index in [9.17, 15) is 10.1 Å². The molecule has 2 rings (SSSR count). The summed E-state index contributed by atoms with van der Waals surface area (Å²) in [6.45, 7) is 4.00. The van der Waals surface area contributed by atoms with E-state index in [1.165, 1.54) is 12.1 Å². The number of anilines is 1. The third-order valence-electron chi connectivity index (χ3n) is 2.53. The minimum atomic E-state index is -0.461. The highest BCUT2D eigenvalue weighted by Crippen LogP contribution is 2.23. The van der Waals surface area contributed by atoms with Crippen LogP contribution in [0, 0.1) is 10.1 Å². The third kappa shape index (κ3) is 3.41. The van der Waals surface area contributed by atoms with Crippen molar-refractivity contribution in [2.24, 2.45) is 0 Å². The monoisotopic (exact) mass is 265 g/mol. The second-order valence-corrected chi connectivity index (χ2v) is 3.91. The number of ether oxygens (including phenoxy) is 1. The Morgan fingerprint density at radius 3 is 3.11 bits per heavy atom. The predicted molar refractivity (Wildman–Crippen MR) is 70.3 cm³/mol. The molecule has 7 nitrogen and oxygen atoms in total. The first-order valence-corrected chi connectivity index (χ1v) is 6.07. The van der Waals surface area contributed by atoms with Gasteiger partial charge in [0, 0.05) is 25.8 Å². The maximum atomic E-state index is 10.6. The second kappa shape index (κ2) is 6.14. The molecular formula is C12H15N3O4. The Morgan fingerprint density at radius 1 is 1.53 bits per heavy atom. The van der Waals surface area contributed by atoms with Crippen LogP contribution in [0.25, 0.3) is 11.1 Å². The number of non-ortho nitro benzene ring substituents is 1. The van der Waals surface area contributed by atoms with E-state index in [1.54, 1.807) is 6.07 Å². The fourth-order valence-corrected chi connectivity index (χ4v) is 1.62. The number of nitrogens with one attached hydrogen (secondary N) is 1. The van der Waals surface area contributed by atoms with E-state index in [-0.39, 0.29) is 5.69 Å². The summed E-state index contributed by atoms with van der Waals surface area (Å²) in [7, 11) is 0. The van der Waals surface area contributed by atoms with Crippen LogP contribution in [-0.4, -0.2) is 29.7 Å². The molecule has 1 N–H and O–H groups in total. The highest BCUT2D eigenvalue weighted by Gasteiger charge is 2.11. The van der Waals surface area contributed by atoms with Crippen LogP contribution in [-0.2, 0) is 4.74 Å². The summed E-state index contributed by atoms with van der Waals surface area (Å²) in [5.74, 6) is 0. The van der Waals surface area contributed by atoms with Crippen LogP contribution in [0.1, 0.15) is 13.3 Å². The summed E-state index contributed by atoms with van der Waals surface area (Å²) in [5.41, 5.74) is 0.992. The van der Waals surface area contributed by atoms with Gasteiger partial charge in [0.05, 0.1) is 11.0 Å². The highest BCUT2D eigenvalue weighted by atomic mass is 16.6. The minimum absolute atomic E-state index is 0.00783. The van der Waals surface area contributed by atoms with Gasteiger partial charge in [0.1, 0.15) is 5.52 Å². The van der Waals surface area contributed by atoms with E-state index in [0.29, 0.717) is 36.9 Å². The Labute approximate surface area is 109 Å². The maximum Gasteiger partial charge on any atom is 0.295 e. The summed E-state index contributed by atoms with van der Waals surface area (Å²) in [6, 6.07) is 4.71. The molecule has 0 saturated carbocycles. The van der Waals surface area contributed by atoms with E-state index in [0.717, 1.165) is 6.42 Å². The van der Waals surface area contributed by atoms with Gasteiger partial charge in [-0.15, -0.1) is 0 Å². The Morgan fingerprint density at radius 2 is 2.37 bits per heavy atom. The zero-order chi connectivity index (χ0) is 13.7. The molecule has 0 fully saturated rings. The fraction of sp³-hybridized carbons (Fsp3) is 0.417. The van der Waals surface area contributed by atoms with E-state index in [4.69, 9.17) is 9.15 Å². The van der Waals surface area contributed by atoms with Gasteiger partial charge < -0.3 is 14.5 Å². The van der Waals surface area contributed by atoms with E-state index in [1.807, 2.05) is 6.92 Å². The molecule has 0 radical (unpaired) electrons. The molecule has 0 aliphatic carbocycles. The number of rotatable bonds is 7. The average molecular weight is 265 g/mol. The Kier molecular flexibility index (Phi) is 4.30. The molecule has 0 amide bonds. The van der Waals surface area contributed by atoms with Gasteiger partial charge in [-0.05, 0) is 19.4 Å². The number of hydrogen-bond acceptors (Lipinski definition) is 6. The van der Waals surface area contributed by atoms with Crippen LogP contribution in [0.15, 0.2) is 22.6 Å². The van der Waals surface area contributed by atoms with Crippen LogP contribution in [0.3, 0.4) is 0 Å². The van der Waals surface area contributed by atoms with Gasteiger partial charge in [-0.2, -0.15) is 4.98 Å². The number of nitrogens with zero attached hydrogens (tertiary/aromatic N) is 2. The Bertz CT molecular complexity index is 567. The van der Waals surface area contributed by atoms with Crippen molar-refractivity contribution in [2.45, 2.75) is 13.3 Å². The van der Waals surface area contributed by atoms with E-state index < -0.39 is 4.92 Å². The first-order valence-electron chi connectivity index (χ1n) is 6.07. The van der Waals surface area contributed by atoms with Gasteiger partial charge in [0.25, 0.3) is 11.7 Å². The molecule has 0 saturated heterocycles. The number of nitro groups is 1. The summed E-state index contributed by atoms with van der Waals surface area (Å²) in [5, 5.41) is 13.7. The van der Waals surface area contributed by atoms with Crippen molar-refractivity contribution in [2.75, 3.05) is 25.1 Å². The number of nitro benzene ring substituents is 1. The van der Waals surface area contributed by atoms with Crippen molar-refractivity contribution < 1.29 is 14.1 Å². The summed E-state index contributed by atoms with van der Waals surface area (Å²) in [6.07, 6.45) is 0.840. The molecule has 0 atom stereocenters. The first kappa shape index (κ1) is 13.3. The molecule has 0 bridgehead atoms. The summed E-state index contributed by atoms with van der Waals surface area (Å²) in [4.78, 5) is 14.4. The zero-order valence-electron chi connectivity index (χ0n) is 10.6. The Hall–Kier alpha value is -2.15. The Balaban J connectivity index is 1.99. The molecule has 1 aromatic carbocycles. The molecule has 102 valence electrons. The number of oxazole rings is 1. The highest BCUT2D eigenvalue weighted by molar-refractivity contribution is 5.77. The lowest BCUT2D eigenvalue weighted by atomic mass is 10.3. The van der Waals surface area contributed by atoms with Crippen molar-refractivity contribution in [3.05, 3.63) is 28.3 Å². The normalized spacial score (nSPS) is 10.8. The summed E-state index contributed by atoms with van der Waals surface area (Å²) < 4.78 is 10.6. The van der Waals surface area contributed by atoms with Crippen molar-refractivity contribution in [1.29, 1.82) is 0 Å². The van der Waals surface area contributed by atoms with Gasteiger partial charge in [-0.1, -0.05) is 0 Å². The summed E-state index contributed by atoms with van der Waals surface area (Å²) >= 11 is 0. The largest absolute Gasteiger partial charge is 0.423 e. The molecule has 0 spiro atoms. The first-order chi connectivity index (χ1) is 9.20. The number of fused-ring (bicyclic) bond motifs is 1. The van der Waals surface area contributed by atoms with Crippen molar-refractivity contribution in [3.63, 3.8) is 0 Å². The lowest BCUT2D eigenvalue weighted by Gasteiger charge is -2.01. The topological polar surface area (TPSA) is 90.4 Å². The van der Waals surface area contributed by atoms with Gasteiger partial charge in [-0.3, -0.25) is 10.1 Å². The third-order valence-corrected chi connectivity index (χ3v) is 2.53. The van der Waals surface area contributed by atoms with Crippen LogP contribution in [0.2, 0.25) is 0 Å². The predicted octanol–water partition coefficient (Wildman–Crippen LogP) is 2.57. The number of hydrogen-bond donors (Lipinski definition) is 1. The molecule has 1 heterocycles. The molecule has 0 aliphatic heterocycles. The second-order valence-electron chi connectivity index (χ2n) is 3.91. The molecule has 2 aromatic rings. The molecular weight excluding hydrogens is 250 g/mol. The SMILES string of the molecule is CCOCCCNc1nc2ccc([N+](=O)[O-])cc2o1. The van der Waals surface area contributed by atoms with Gasteiger partial charge in [-0.25, -0.2) is 0 Å². The molecule has 0 aliphatic rings. The zero-order valence-corrected chi connectivity index (χ0v) is 10.6. The van der Waals surface area contributed by atoms with Crippen LogP contribution >= 0.6 is 0 Å². The maximum absolute atomic E-state index is 10.6. The lowest BCUT2D eigenvalue weighted by molar-refractivity contribution is -0.384. The van der Waals surface area contributed by atoms with Crippen LogP contribution in [0.4, 0.5) is 11.7 Å². The number of benzene rings is 1. The van der Waals surface area contributed by atoms with Crippen LogP contribution < -0.4 is 5.32 Å². The lowest BCUT2D eigenvalue weighted by Crippen LogP contribution is -2.05. The minimum Gasteiger partial charge on any atom is -0.423 e. The van der Waals surface area contributed by atoms with Crippen molar-refractivity contribution in [1.82, 2.24) is 4.98 Å². The molecule has 1 aromatic heterocycles.